The molecule has 94 valence electrons. The number of piperidine rings is 1. The fourth-order valence-electron chi connectivity index (χ4n) is 3.33. The number of nitrogens with zero attached hydrogens (tertiary/aromatic N) is 2. The summed E-state index contributed by atoms with van der Waals surface area (Å²) in [5.74, 6) is 0. The molecule has 0 aromatic carbocycles. The molecule has 0 unspecified atom stereocenters. The molecule has 2 saturated heterocycles. The average Bonchev–Trinajstić information content (AvgIpc) is 2.78. The number of likely N-dealkylation sites (tertiary alicyclic amines) is 2. The van der Waals surface area contributed by atoms with Gasteiger partial charge < -0.3 is 10.0 Å². The quantitative estimate of drug-likeness (QED) is 0.783. The Kier molecular flexibility index (Phi) is 4.62. The summed E-state index contributed by atoms with van der Waals surface area (Å²) in [6.45, 7) is 7.60. The zero-order valence-corrected chi connectivity index (χ0v) is 10.6. The van der Waals surface area contributed by atoms with Crippen LogP contribution >= 0.6 is 0 Å². The highest BCUT2D eigenvalue weighted by molar-refractivity contribution is 4.87. The van der Waals surface area contributed by atoms with Crippen molar-refractivity contribution in [2.24, 2.45) is 0 Å². The molecule has 0 bridgehead atoms. The third-order valence-corrected chi connectivity index (χ3v) is 4.20. The Balaban J connectivity index is 1.79. The van der Waals surface area contributed by atoms with E-state index >= 15 is 0 Å². The fourth-order valence-corrected chi connectivity index (χ4v) is 3.33. The van der Waals surface area contributed by atoms with E-state index in [1.807, 2.05) is 0 Å². The van der Waals surface area contributed by atoms with Crippen LogP contribution in [0, 0.1) is 0 Å². The largest absolute Gasteiger partial charge is 0.395 e. The van der Waals surface area contributed by atoms with E-state index in [2.05, 4.69) is 16.7 Å². The molecule has 2 aliphatic rings. The summed E-state index contributed by atoms with van der Waals surface area (Å²) in [5, 5.41) is 9.35. The van der Waals surface area contributed by atoms with Crippen LogP contribution in [-0.4, -0.2) is 59.8 Å². The second-order valence-electron chi connectivity index (χ2n) is 5.29. The Morgan fingerprint density at radius 2 is 1.88 bits per heavy atom. The predicted molar refractivity (Wildman–Crippen MR) is 66.6 cm³/mol. The van der Waals surface area contributed by atoms with Gasteiger partial charge in [0.25, 0.3) is 0 Å². The molecule has 2 aliphatic heterocycles. The molecular formula is C13H26N2O. The molecule has 0 aliphatic carbocycles. The maximum absolute atomic E-state index is 9.35. The van der Waals surface area contributed by atoms with Gasteiger partial charge in [-0.15, -0.1) is 0 Å². The molecule has 16 heavy (non-hydrogen) atoms. The molecule has 3 heteroatoms. The molecule has 0 aromatic heterocycles. The molecule has 0 aromatic rings. The third-order valence-electron chi connectivity index (χ3n) is 4.20. The van der Waals surface area contributed by atoms with Gasteiger partial charge in [0, 0.05) is 12.1 Å². The van der Waals surface area contributed by atoms with Gasteiger partial charge in [0.15, 0.2) is 0 Å². The first-order chi connectivity index (χ1) is 7.85. The minimum Gasteiger partial charge on any atom is -0.395 e. The lowest BCUT2D eigenvalue weighted by Gasteiger charge is -2.39. The van der Waals surface area contributed by atoms with Gasteiger partial charge in [-0.1, -0.05) is 6.92 Å². The van der Waals surface area contributed by atoms with Gasteiger partial charge in [0.05, 0.1) is 6.61 Å². The molecular weight excluding hydrogens is 200 g/mol. The Bertz CT molecular complexity index is 202. The van der Waals surface area contributed by atoms with Crippen LogP contribution in [0.2, 0.25) is 0 Å². The van der Waals surface area contributed by atoms with E-state index < -0.39 is 0 Å². The van der Waals surface area contributed by atoms with Crippen molar-refractivity contribution in [3.8, 4) is 0 Å². The van der Waals surface area contributed by atoms with E-state index in [1.54, 1.807) is 0 Å². The van der Waals surface area contributed by atoms with E-state index in [-0.39, 0.29) is 0 Å². The van der Waals surface area contributed by atoms with Crippen LogP contribution in [0.1, 0.15) is 39.0 Å². The molecule has 0 radical (unpaired) electrons. The lowest BCUT2D eigenvalue weighted by Crippen LogP contribution is -2.47. The SMILES string of the molecule is CCCN1CCC(N2CCC[C@@H]2CO)CC1. The second-order valence-corrected chi connectivity index (χ2v) is 5.29. The second kappa shape index (κ2) is 5.99. The van der Waals surface area contributed by atoms with Crippen molar-refractivity contribution in [3.63, 3.8) is 0 Å². The third kappa shape index (κ3) is 2.76. The lowest BCUT2D eigenvalue weighted by molar-refractivity contribution is 0.0731. The highest BCUT2D eigenvalue weighted by Crippen LogP contribution is 2.25. The van der Waals surface area contributed by atoms with Gasteiger partial charge in [0.1, 0.15) is 0 Å². The first-order valence-electron chi connectivity index (χ1n) is 6.94. The Labute approximate surface area is 99.4 Å². The summed E-state index contributed by atoms with van der Waals surface area (Å²) in [7, 11) is 0. The number of hydrogen-bond donors (Lipinski definition) is 1. The van der Waals surface area contributed by atoms with Gasteiger partial charge in [-0.3, -0.25) is 4.90 Å². The van der Waals surface area contributed by atoms with Crippen LogP contribution in [-0.2, 0) is 0 Å². The summed E-state index contributed by atoms with van der Waals surface area (Å²) in [5.41, 5.74) is 0. The van der Waals surface area contributed by atoms with Crippen molar-refractivity contribution < 1.29 is 5.11 Å². The number of rotatable bonds is 4. The zero-order valence-electron chi connectivity index (χ0n) is 10.6. The van der Waals surface area contributed by atoms with Gasteiger partial charge in [-0.2, -0.15) is 0 Å². The van der Waals surface area contributed by atoms with E-state index in [4.69, 9.17) is 0 Å². The van der Waals surface area contributed by atoms with Crippen LogP contribution in [0.5, 0.6) is 0 Å². The smallest absolute Gasteiger partial charge is 0.0586 e. The summed E-state index contributed by atoms with van der Waals surface area (Å²) >= 11 is 0. The van der Waals surface area contributed by atoms with Crippen molar-refractivity contribution in [1.82, 2.24) is 9.80 Å². The van der Waals surface area contributed by atoms with Gasteiger partial charge in [-0.05, 0) is 58.3 Å². The summed E-state index contributed by atoms with van der Waals surface area (Å²) in [6, 6.07) is 1.20. The summed E-state index contributed by atoms with van der Waals surface area (Å²) < 4.78 is 0. The first kappa shape index (κ1) is 12.3. The summed E-state index contributed by atoms with van der Waals surface area (Å²) in [6.07, 6.45) is 6.35. The lowest BCUT2D eigenvalue weighted by atomic mass is 10.0. The van der Waals surface area contributed by atoms with E-state index in [9.17, 15) is 5.11 Å². The Morgan fingerprint density at radius 1 is 1.12 bits per heavy atom. The normalized spacial score (nSPS) is 30.0. The topological polar surface area (TPSA) is 26.7 Å². The minimum atomic E-state index is 0.356. The van der Waals surface area contributed by atoms with Crippen molar-refractivity contribution in [2.75, 3.05) is 32.8 Å². The van der Waals surface area contributed by atoms with Gasteiger partial charge in [0.2, 0.25) is 0 Å². The minimum absolute atomic E-state index is 0.356. The van der Waals surface area contributed by atoms with Gasteiger partial charge >= 0.3 is 0 Å². The highest BCUT2D eigenvalue weighted by Gasteiger charge is 2.31. The average molecular weight is 226 g/mol. The molecule has 0 saturated carbocycles. The maximum Gasteiger partial charge on any atom is 0.0586 e. The van der Waals surface area contributed by atoms with Crippen LogP contribution in [0.15, 0.2) is 0 Å². The molecule has 0 spiro atoms. The van der Waals surface area contributed by atoms with Crippen molar-refractivity contribution in [1.29, 1.82) is 0 Å². The van der Waals surface area contributed by atoms with Crippen LogP contribution < -0.4 is 0 Å². The number of aliphatic hydroxyl groups is 1. The molecule has 2 rings (SSSR count). The van der Waals surface area contributed by atoms with Crippen molar-refractivity contribution in [2.45, 2.75) is 51.1 Å². The van der Waals surface area contributed by atoms with Crippen LogP contribution in [0.3, 0.4) is 0 Å². The molecule has 1 atom stereocenters. The fraction of sp³-hybridized carbons (Fsp3) is 1.00. The zero-order chi connectivity index (χ0) is 11.4. The van der Waals surface area contributed by atoms with E-state index in [1.165, 1.54) is 58.3 Å². The summed E-state index contributed by atoms with van der Waals surface area (Å²) in [4.78, 5) is 5.16. The first-order valence-corrected chi connectivity index (χ1v) is 6.94. The molecule has 0 amide bonds. The molecule has 3 nitrogen and oxygen atoms in total. The maximum atomic E-state index is 9.35. The molecule has 1 N–H and O–H groups in total. The number of aliphatic hydroxyl groups excluding tert-OH is 1. The molecule has 2 fully saturated rings. The van der Waals surface area contributed by atoms with Crippen LogP contribution in [0.25, 0.3) is 0 Å². The van der Waals surface area contributed by atoms with Crippen molar-refractivity contribution in [3.05, 3.63) is 0 Å². The Morgan fingerprint density at radius 3 is 2.50 bits per heavy atom. The molecule has 2 heterocycles. The van der Waals surface area contributed by atoms with E-state index in [0.29, 0.717) is 12.6 Å². The standard InChI is InChI=1S/C13H26N2O/c1-2-7-14-9-5-12(6-10-14)15-8-3-4-13(15)11-16/h12-13,16H,2-11H2,1H3/t13-/m1/s1. The highest BCUT2D eigenvalue weighted by atomic mass is 16.3. The van der Waals surface area contributed by atoms with Crippen molar-refractivity contribution >= 4 is 0 Å². The van der Waals surface area contributed by atoms with E-state index in [0.717, 1.165) is 6.04 Å². The Hall–Kier alpha value is -0.120. The predicted octanol–water partition coefficient (Wildman–Crippen LogP) is 1.32. The monoisotopic (exact) mass is 226 g/mol. The van der Waals surface area contributed by atoms with Crippen LogP contribution in [0.4, 0.5) is 0 Å². The van der Waals surface area contributed by atoms with Gasteiger partial charge in [-0.25, -0.2) is 0 Å². The number of hydrogen-bond acceptors (Lipinski definition) is 3.